The van der Waals surface area contributed by atoms with Gasteiger partial charge in [0.25, 0.3) is 0 Å². The van der Waals surface area contributed by atoms with Gasteiger partial charge in [-0.25, -0.2) is 4.39 Å². The van der Waals surface area contributed by atoms with Crippen LogP contribution in [-0.4, -0.2) is 6.61 Å². The fourth-order valence-corrected chi connectivity index (χ4v) is 1.81. The Morgan fingerprint density at radius 3 is 2.60 bits per heavy atom. The fourth-order valence-electron chi connectivity index (χ4n) is 1.81. The topological polar surface area (TPSA) is 21.3 Å². The van der Waals surface area contributed by atoms with E-state index < -0.39 is 6.61 Å². The Morgan fingerprint density at radius 1 is 1.15 bits per heavy atom. The largest absolute Gasteiger partial charge is 0.434 e. The van der Waals surface area contributed by atoms with Gasteiger partial charge in [-0.1, -0.05) is 18.2 Å². The van der Waals surface area contributed by atoms with Crippen molar-refractivity contribution in [3.05, 3.63) is 59.4 Å². The maximum Gasteiger partial charge on any atom is 0.387 e. The number of para-hydroxylation sites is 1. The molecule has 0 saturated heterocycles. The molecule has 2 aromatic carbocycles. The minimum Gasteiger partial charge on any atom is -0.434 e. The van der Waals surface area contributed by atoms with Crippen molar-refractivity contribution >= 4 is 5.69 Å². The third kappa shape index (κ3) is 3.66. The molecule has 0 amide bonds. The minimum atomic E-state index is -2.86. The molecule has 2 aromatic rings. The summed E-state index contributed by atoms with van der Waals surface area (Å²) < 4.78 is 42.1. The summed E-state index contributed by atoms with van der Waals surface area (Å²) in [6.07, 6.45) is 0. The second-order valence-corrected chi connectivity index (χ2v) is 4.30. The van der Waals surface area contributed by atoms with Gasteiger partial charge in [0.05, 0.1) is 0 Å². The fraction of sp³-hybridized carbons (Fsp3) is 0.200. The van der Waals surface area contributed by atoms with Crippen LogP contribution in [0.25, 0.3) is 0 Å². The number of hydrogen-bond donors (Lipinski definition) is 1. The zero-order valence-corrected chi connectivity index (χ0v) is 10.9. The molecule has 0 aliphatic carbocycles. The Hall–Kier alpha value is -2.17. The molecular weight excluding hydrogens is 267 g/mol. The summed E-state index contributed by atoms with van der Waals surface area (Å²) in [6, 6.07) is 11.2. The van der Waals surface area contributed by atoms with Crippen LogP contribution in [0.2, 0.25) is 0 Å². The first-order valence-corrected chi connectivity index (χ1v) is 6.09. The monoisotopic (exact) mass is 281 g/mol. The molecule has 0 aromatic heterocycles. The zero-order valence-electron chi connectivity index (χ0n) is 10.9. The number of alkyl halides is 2. The number of ether oxygens (including phenoxy) is 1. The molecule has 0 radical (unpaired) electrons. The molecule has 20 heavy (non-hydrogen) atoms. The molecule has 2 nitrogen and oxygen atoms in total. The quantitative estimate of drug-likeness (QED) is 0.879. The van der Waals surface area contributed by atoms with Crippen molar-refractivity contribution in [2.75, 3.05) is 5.32 Å². The van der Waals surface area contributed by atoms with Crippen LogP contribution in [0.1, 0.15) is 11.1 Å². The van der Waals surface area contributed by atoms with E-state index in [2.05, 4.69) is 10.1 Å². The molecule has 0 spiro atoms. The van der Waals surface area contributed by atoms with Crippen molar-refractivity contribution in [1.29, 1.82) is 0 Å². The summed E-state index contributed by atoms with van der Waals surface area (Å²) >= 11 is 0. The number of hydrogen-bond acceptors (Lipinski definition) is 2. The van der Waals surface area contributed by atoms with Crippen LogP contribution in [0.15, 0.2) is 42.5 Å². The van der Waals surface area contributed by atoms with Crippen molar-refractivity contribution in [3.8, 4) is 5.75 Å². The van der Waals surface area contributed by atoms with E-state index in [4.69, 9.17) is 0 Å². The molecule has 2 rings (SSSR count). The molecule has 0 bridgehead atoms. The first kappa shape index (κ1) is 14.2. The van der Waals surface area contributed by atoms with Crippen molar-refractivity contribution < 1.29 is 17.9 Å². The van der Waals surface area contributed by atoms with Crippen LogP contribution in [0.4, 0.5) is 18.9 Å². The van der Waals surface area contributed by atoms with E-state index in [1.807, 2.05) is 0 Å². The minimum absolute atomic E-state index is 0.133. The number of halogens is 3. The molecule has 0 saturated carbocycles. The maximum absolute atomic E-state index is 13.1. The van der Waals surface area contributed by atoms with Gasteiger partial charge in [-0.15, -0.1) is 0 Å². The lowest BCUT2D eigenvalue weighted by Crippen LogP contribution is -2.07. The van der Waals surface area contributed by atoms with E-state index >= 15 is 0 Å². The first-order chi connectivity index (χ1) is 9.56. The molecule has 0 fully saturated rings. The Balaban J connectivity index is 2.08. The number of benzene rings is 2. The normalized spacial score (nSPS) is 10.7. The third-order valence-corrected chi connectivity index (χ3v) is 2.83. The van der Waals surface area contributed by atoms with E-state index in [9.17, 15) is 13.2 Å². The zero-order chi connectivity index (χ0) is 14.5. The van der Waals surface area contributed by atoms with E-state index in [1.54, 1.807) is 37.3 Å². The SMILES string of the molecule is Cc1cc(NCc2ccccc2OC(F)F)ccc1F. The van der Waals surface area contributed by atoms with Crippen LogP contribution in [0, 0.1) is 12.7 Å². The summed E-state index contributed by atoms with van der Waals surface area (Å²) in [5.41, 5.74) is 1.85. The van der Waals surface area contributed by atoms with Gasteiger partial charge in [0.15, 0.2) is 0 Å². The van der Waals surface area contributed by atoms with Gasteiger partial charge < -0.3 is 10.1 Å². The van der Waals surface area contributed by atoms with Gasteiger partial charge in [0, 0.05) is 17.8 Å². The van der Waals surface area contributed by atoms with Crippen molar-refractivity contribution in [1.82, 2.24) is 0 Å². The molecule has 5 heteroatoms. The lowest BCUT2D eigenvalue weighted by molar-refractivity contribution is -0.0504. The maximum atomic E-state index is 13.1. The molecule has 106 valence electrons. The van der Waals surface area contributed by atoms with E-state index in [-0.39, 0.29) is 11.6 Å². The highest BCUT2D eigenvalue weighted by molar-refractivity contribution is 5.47. The van der Waals surface area contributed by atoms with Gasteiger partial charge in [-0.05, 0) is 36.8 Å². The van der Waals surface area contributed by atoms with Crippen LogP contribution in [-0.2, 0) is 6.54 Å². The first-order valence-electron chi connectivity index (χ1n) is 6.09. The molecule has 0 atom stereocenters. The number of aryl methyl sites for hydroxylation is 1. The highest BCUT2D eigenvalue weighted by Gasteiger charge is 2.09. The number of anilines is 1. The molecule has 0 heterocycles. The standard InChI is InChI=1S/C15H14F3NO/c1-10-8-12(6-7-13(10)16)19-9-11-4-2-3-5-14(11)20-15(17)18/h2-8,15,19H,9H2,1H3. The summed E-state index contributed by atoms with van der Waals surface area (Å²) in [6.45, 7) is -0.883. The Bertz CT molecular complexity index is 587. The number of rotatable bonds is 5. The second kappa shape index (κ2) is 6.32. The molecule has 0 aliphatic heterocycles. The van der Waals surface area contributed by atoms with Gasteiger partial charge in [0.2, 0.25) is 0 Å². The summed E-state index contributed by atoms with van der Waals surface area (Å²) in [4.78, 5) is 0. The average molecular weight is 281 g/mol. The van der Waals surface area contributed by atoms with E-state index in [1.165, 1.54) is 12.1 Å². The molecule has 0 unspecified atom stereocenters. The average Bonchev–Trinajstić information content (AvgIpc) is 2.41. The lowest BCUT2D eigenvalue weighted by atomic mass is 10.1. The van der Waals surface area contributed by atoms with E-state index in [0.29, 0.717) is 17.7 Å². The van der Waals surface area contributed by atoms with Crippen molar-refractivity contribution in [3.63, 3.8) is 0 Å². The lowest BCUT2D eigenvalue weighted by Gasteiger charge is -2.12. The summed E-state index contributed by atoms with van der Waals surface area (Å²) in [5, 5.41) is 3.05. The molecule has 1 N–H and O–H groups in total. The Morgan fingerprint density at radius 2 is 1.90 bits per heavy atom. The van der Waals surface area contributed by atoms with Crippen LogP contribution < -0.4 is 10.1 Å². The highest BCUT2D eigenvalue weighted by Crippen LogP contribution is 2.22. The van der Waals surface area contributed by atoms with E-state index in [0.717, 1.165) is 5.69 Å². The van der Waals surface area contributed by atoms with Crippen molar-refractivity contribution in [2.45, 2.75) is 20.1 Å². The summed E-state index contributed by atoms with van der Waals surface area (Å²) in [7, 11) is 0. The Labute approximate surface area is 115 Å². The van der Waals surface area contributed by atoms with Gasteiger partial charge in [-0.3, -0.25) is 0 Å². The summed E-state index contributed by atoms with van der Waals surface area (Å²) in [5.74, 6) is -0.147. The smallest absolute Gasteiger partial charge is 0.387 e. The molecular formula is C15H14F3NO. The second-order valence-electron chi connectivity index (χ2n) is 4.30. The Kier molecular flexibility index (Phi) is 4.50. The molecule has 0 aliphatic rings. The third-order valence-electron chi connectivity index (χ3n) is 2.83. The number of nitrogens with one attached hydrogen (secondary N) is 1. The van der Waals surface area contributed by atoms with Gasteiger partial charge >= 0.3 is 6.61 Å². The van der Waals surface area contributed by atoms with Crippen LogP contribution in [0.5, 0.6) is 5.75 Å². The van der Waals surface area contributed by atoms with Gasteiger partial charge in [0.1, 0.15) is 11.6 Å². The van der Waals surface area contributed by atoms with Gasteiger partial charge in [-0.2, -0.15) is 8.78 Å². The van der Waals surface area contributed by atoms with Crippen LogP contribution >= 0.6 is 0 Å². The predicted molar refractivity (Wildman–Crippen MR) is 71.5 cm³/mol. The highest BCUT2D eigenvalue weighted by atomic mass is 19.3. The predicted octanol–water partition coefficient (Wildman–Crippen LogP) is 4.35. The van der Waals surface area contributed by atoms with Crippen molar-refractivity contribution in [2.24, 2.45) is 0 Å². The van der Waals surface area contributed by atoms with Crippen LogP contribution in [0.3, 0.4) is 0 Å².